The summed E-state index contributed by atoms with van der Waals surface area (Å²) in [4.78, 5) is 52.5. The molecule has 0 aromatic heterocycles. The van der Waals surface area contributed by atoms with Crippen LogP contribution < -0.4 is 40.2 Å². The number of methoxy groups -OCH3 is 2. The van der Waals surface area contributed by atoms with E-state index < -0.39 is 23.4 Å². The summed E-state index contributed by atoms with van der Waals surface area (Å²) in [6, 6.07) is 17.8. The molecule has 0 saturated heterocycles. The molecule has 0 atom stereocenters. The van der Waals surface area contributed by atoms with Crippen LogP contribution in [0.1, 0.15) is 204 Å². The molecule has 16 nitrogen and oxygen atoms in total. The maximum atomic E-state index is 13.9. The fourth-order valence-corrected chi connectivity index (χ4v) is 9.84. The van der Waals surface area contributed by atoms with E-state index in [4.69, 9.17) is 37.9 Å². The van der Waals surface area contributed by atoms with Crippen LogP contribution in [0.2, 0.25) is 0 Å². The van der Waals surface area contributed by atoms with Crippen LogP contribution in [0.3, 0.4) is 0 Å². The highest BCUT2D eigenvalue weighted by atomic mass is 16.6. The lowest BCUT2D eigenvalue weighted by Crippen LogP contribution is -2.35. The summed E-state index contributed by atoms with van der Waals surface area (Å²) in [6.45, 7) is 39.3. The van der Waals surface area contributed by atoms with Gasteiger partial charge in [0.15, 0.2) is 13.2 Å². The molecule has 0 fully saturated rings. The van der Waals surface area contributed by atoms with Crippen molar-refractivity contribution in [2.24, 2.45) is 0 Å². The standard InChI is InChI=1S/C70H104N4O12/c1-65(2,3)53-35-45-31-49-39-55(67(7,8)9)41-51(61(49)83-43-57(75)71-23-21-25-73-63(77)85-69(13,14)15)33-47-37-54(66(4,5)6)38-48(60(47)82-30-28-80-20)34-52-42-56(68(10,11)12)40-50(32-46(36-53)59(45)81-29-27-79-19)62(52)84-44-58(76)72-24-22-26-74-64(78)86-70(16,17)18/h35-42H,21-34,43-44H2,1-20H3,(H,71,75)(H,72,76)(H,73,77)(H,74,78). The number of alkyl carbamates (subject to hydrolysis) is 2. The Morgan fingerprint density at radius 3 is 0.802 bits per heavy atom. The minimum Gasteiger partial charge on any atom is -0.491 e. The highest BCUT2D eigenvalue weighted by Gasteiger charge is 2.30. The minimum absolute atomic E-state index is 0.264. The molecule has 4 amide bonds. The van der Waals surface area contributed by atoms with Crippen molar-refractivity contribution in [1.82, 2.24) is 21.3 Å². The zero-order valence-electron chi connectivity index (χ0n) is 55.8. The van der Waals surface area contributed by atoms with Crippen LogP contribution in [0.5, 0.6) is 23.0 Å². The second kappa shape index (κ2) is 29.9. The van der Waals surface area contributed by atoms with E-state index in [1.54, 1.807) is 14.2 Å². The second-order valence-electron chi connectivity index (χ2n) is 28.7. The Kier molecular flexibility index (Phi) is 24.4. The molecule has 0 aliphatic heterocycles. The van der Waals surface area contributed by atoms with Gasteiger partial charge < -0.3 is 59.2 Å². The van der Waals surface area contributed by atoms with Crippen LogP contribution in [0, 0.1) is 0 Å². The highest BCUT2D eigenvalue weighted by Crippen LogP contribution is 2.44. The average Bonchev–Trinajstić information content (AvgIpc) is 0.969. The van der Waals surface area contributed by atoms with Gasteiger partial charge >= 0.3 is 12.2 Å². The smallest absolute Gasteiger partial charge is 0.407 e. The van der Waals surface area contributed by atoms with Crippen LogP contribution >= 0.6 is 0 Å². The summed E-state index contributed by atoms with van der Waals surface area (Å²) in [5.41, 5.74) is 9.11. The van der Waals surface area contributed by atoms with Crippen LogP contribution in [0.25, 0.3) is 0 Å². The summed E-state index contributed by atoms with van der Waals surface area (Å²) in [5.74, 6) is 1.98. The van der Waals surface area contributed by atoms with Gasteiger partial charge in [-0.25, -0.2) is 9.59 Å². The molecule has 8 bridgehead atoms. The van der Waals surface area contributed by atoms with Gasteiger partial charge in [0.05, 0.1) is 13.2 Å². The minimum atomic E-state index is -0.627. The summed E-state index contributed by atoms with van der Waals surface area (Å²) in [7, 11) is 3.32. The summed E-state index contributed by atoms with van der Waals surface area (Å²) in [6.07, 6.45) is 1.44. The van der Waals surface area contributed by atoms with Gasteiger partial charge in [0, 0.05) is 66.1 Å². The second-order valence-corrected chi connectivity index (χ2v) is 28.7. The number of benzene rings is 4. The van der Waals surface area contributed by atoms with Crippen LogP contribution in [-0.4, -0.2) is 115 Å². The Morgan fingerprint density at radius 2 is 0.581 bits per heavy atom. The number of fused-ring (bicyclic) bond motifs is 8. The van der Waals surface area contributed by atoms with Gasteiger partial charge in [0.1, 0.15) is 47.4 Å². The van der Waals surface area contributed by atoms with E-state index in [2.05, 4.69) is 153 Å². The number of hydrogen-bond donors (Lipinski definition) is 4. The lowest BCUT2D eigenvalue weighted by Gasteiger charge is -2.29. The van der Waals surface area contributed by atoms with Gasteiger partial charge in [0.2, 0.25) is 0 Å². The molecule has 4 aromatic carbocycles. The Morgan fingerprint density at radius 1 is 0.349 bits per heavy atom. The largest absolute Gasteiger partial charge is 0.491 e. The summed E-state index contributed by atoms with van der Waals surface area (Å²) >= 11 is 0. The monoisotopic (exact) mass is 1190 g/mol. The normalized spacial score (nSPS) is 13.1. The molecular formula is C70H104N4O12. The third-order valence-electron chi connectivity index (χ3n) is 14.4. The quantitative estimate of drug-likeness (QED) is 0.0481. The highest BCUT2D eigenvalue weighted by molar-refractivity contribution is 5.78. The van der Waals surface area contributed by atoms with Gasteiger partial charge in [0.25, 0.3) is 11.8 Å². The number of amides is 4. The molecule has 0 radical (unpaired) electrons. The first-order chi connectivity index (χ1) is 39.9. The van der Waals surface area contributed by atoms with Crippen molar-refractivity contribution in [3.8, 4) is 23.0 Å². The Balaban J connectivity index is 1.79. The van der Waals surface area contributed by atoms with Crippen molar-refractivity contribution in [3.05, 3.63) is 115 Å². The molecule has 5 rings (SSSR count). The van der Waals surface area contributed by atoms with Crippen LogP contribution in [-0.2, 0) is 75.9 Å². The molecule has 4 N–H and O–H groups in total. The number of ether oxygens (including phenoxy) is 8. The first-order valence-corrected chi connectivity index (χ1v) is 30.6. The van der Waals surface area contributed by atoms with Crippen LogP contribution in [0.4, 0.5) is 9.59 Å². The maximum absolute atomic E-state index is 13.9. The summed E-state index contributed by atoms with van der Waals surface area (Å²) < 4.78 is 49.8. The van der Waals surface area contributed by atoms with Gasteiger partial charge in [-0.3, -0.25) is 9.59 Å². The van der Waals surface area contributed by atoms with E-state index in [0.717, 1.165) is 66.8 Å². The summed E-state index contributed by atoms with van der Waals surface area (Å²) in [5, 5.41) is 11.5. The topological polar surface area (TPSA) is 190 Å². The van der Waals surface area contributed by atoms with Crippen molar-refractivity contribution >= 4 is 24.0 Å². The molecule has 476 valence electrons. The molecule has 0 saturated carbocycles. The molecule has 86 heavy (non-hydrogen) atoms. The van der Waals surface area contributed by atoms with Crippen molar-refractivity contribution in [1.29, 1.82) is 0 Å². The van der Waals surface area contributed by atoms with E-state index in [1.807, 2.05) is 41.5 Å². The first kappa shape index (κ1) is 70.2. The number of hydrogen-bond acceptors (Lipinski definition) is 12. The lowest BCUT2D eigenvalue weighted by molar-refractivity contribution is -0.123. The third-order valence-corrected chi connectivity index (χ3v) is 14.4. The number of rotatable bonds is 22. The molecule has 4 aromatic rings. The van der Waals surface area contributed by atoms with E-state index in [0.29, 0.717) is 101 Å². The number of nitrogens with one attached hydrogen (secondary N) is 4. The van der Waals surface area contributed by atoms with E-state index in [-0.39, 0.29) is 59.9 Å². The zero-order valence-corrected chi connectivity index (χ0v) is 55.8. The molecule has 0 spiro atoms. The van der Waals surface area contributed by atoms with Gasteiger partial charge in [-0.2, -0.15) is 0 Å². The fraction of sp³-hybridized carbons (Fsp3) is 0.600. The zero-order chi connectivity index (χ0) is 64.0. The van der Waals surface area contributed by atoms with Gasteiger partial charge in [-0.05, 0) is 143 Å². The van der Waals surface area contributed by atoms with Gasteiger partial charge in [-0.15, -0.1) is 0 Å². The first-order valence-electron chi connectivity index (χ1n) is 30.6. The predicted octanol–water partition coefficient (Wildman–Crippen LogP) is 12.4. The predicted molar refractivity (Wildman–Crippen MR) is 341 cm³/mol. The van der Waals surface area contributed by atoms with E-state index >= 15 is 0 Å². The molecule has 0 heterocycles. The molecule has 0 unspecified atom stereocenters. The van der Waals surface area contributed by atoms with Crippen molar-refractivity contribution < 1.29 is 57.1 Å². The van der Waals surface area contributed by atoms with E-state index in [9.17, 15) is 19.2 Å². The van der Waals surface area contributed by atoms with Crippen molar-refractivity contribution in [2.45, 2.75) is 196 Å². The third kappa shape index (κ3) is 22.0. The molecule has 1 aliphatic carbocycles. The maximum Gasteiger partial charge on any atom is 0.407 e. The lowest BCUT2D eigenvalue weighted by atomic mass is 9.79. The average molecular weight is 1190 g/mol. The van der Waals surface area contributed by atoms with Crippen molar-refractivity contribution in [3.63, 3.8) is 0 Å². The fourth-order valence-electron chi connectivity index (χ4n) is 9.84. The Labute approximate surface area is 514 Å². The molecule has 1 aliphatic rings. The van der Waals surface area contributed by atoms with Crippen molar-refractivity contribution in [2.75, 3.05) is 80.0 Å². The van der Waals surface area contributed by atoms with E-state index in [1.165, 1.54) is 0 Å². The number of carbonyl (C=O) groups is 4. The van der Waals surface area contributed by atoms with Crippen LogP contribution in [0.15, 0.2) is 48.5 Å². The molecular weight excluding hydrogens is 1090 g/mol. The molecule has 16 heteroatoms. The van der Waals surface area contributed by atoms with Gasteiger partial charge in [-0.1, -0.05) is 132 Å². The number of carbonyl (C=O) groups excluding carboxylic acids is 4. The Bertz CT molecular complexity index is 2660. The SMILES string of the molecule is COCCOc1c2cc(C(C)(C)C)cc1Cc1cc(C(C)(C)C)cc(c1OCC(=O)NCCCNC(=O)OC(C)(C)C)Cc1cc(C(C)(C)C)cc(c1OCCOC)Cc1cc(C(C)(C)C)cc(c1OCC(=O)NCCCNC(=O)OC(C)(C)C)C2. The Hall–Kier alpha value is -6.52.